The summed E-state index contributed by atoms with van der Waals surface area (Å²) in [4.78, 5) is 0. The lowest BCUT2D eigenvalue weighted by Gasteiger charge is -2.17. The molecule has 1 atom stereocenters. The predicted molar refractivity (Wildman–Crippen MR) is 79.7 cm³/mol. The van der Waals surface area contributed by atoms with E-state index in [1.807, 2.05) is 24.3 Å². The molecule has 18 heavy (non-hydrogen) atoms. The van der Waals surface area contributed by atoms with Gasteiger partial charge in [0.1, 0.15) is 0 Å². The van der Waals surface area contributed by atoms with Gasteiger partial charge < -0.3 is 11.1 Å². The molecule has 2 nitrogen and oxygen atoms in total. The number of hydrogen-bond donors (Lipinski definition) is 2. The summed E-state index contributed by atoms with van der Waals surface area (Å²) in [5, 5.41) is 3.54. The Balaban J connectivity index is 1.87. The third-order valence-electron chi connectivity index (χ3n) is 3.47. The van der Waals surface area contributed by atoms with Crippen molar-refractivity contribution < 1.29 is 0 Å². The van der Waals surface area contributed by atoms with E-state index < -0.39 is 0 Å². The topological polar surface area (TPSA) is 38.0 Å². The van der Waals surface area contributed by atoms with E-state index in [2.05, 4.69) is 39.4 Å². The fourth-order valence-corrected chi connectivity index (χ4v) is 2.96. The van der Waals surface area contributed by atoms with Crippen LogP contribution < -0.4 is 11.1 Å². The van der Waals surface area contributed by atoms with Gasteiger partial charge in [-0.25, -0.2) is 0 Å². The van der Waals surface area contributed by atoms with Crippen molar-refractivity contribution >= 4 is 27.3 Å². The Morgan fingerprint density at radius 2 is 2.00 bits per heavy atom. The highest BCUT2D eigenvalue weighted by Crippen LogP contribution is 2.36. The monoisotopic (exact) mass is 302 g/mol. The summed E-state index contributed by atoms with van der Waals surface area (Å²) in [6.07, 6.45) is 2.25. The molecule has 1 aliphatic rings. The maximum Gasteiger partial charge on any atom is 0.0578 e. The molecular formula is C15H15BrN2. The summed E-state index contributed by atoms with van der Waals surface area (Å²) < 4.78 is 1.15. The number of hydrogen-bond acceptors (Lipinski definition) is 2. The first-order chi connectivity index (χ1) is 8.74. The Kier molecular flexibility index (Phi) is 3.00. The molecule has 3 N–H and O–H groups in total. The molecule has 1 aliphatic carbocycles. The summed E-state index contributed by atoms with van der Waals surface area (Å²) in [6, 6.07) is 14.8. The van der Waals surface area contributed by atoms with Crippen molar-refractivity contribution in [1.82, 2.24) is 0 Å². The van der Waals surface area contributed by atoms with Crippen LogP contribution in [-0.2, 0) is 6.42 Å². The zero-order chi connectivity index (χ0) is 12.5. The number of para-hydroxylation sites is 2. The number of fused-ring (bicyclic) bond motifs is 1. The number of rotatable bonds is 2. The molecule has 0 bridgehead atoms. The van der Waals surface area contributed by atoms with E-state index >= 15 is 0 Å². The van der Waals surface area contributed by atoms with Gasteiger partial charge in [0.2, 0.25) is 0 Å². The van der Waals surface area contributed by atoms with Gasteiger partial charge in [-0.2, -0.15) is 0 Å². The van der Waals surface area contributed by atoms with Gasteiger partial charge in [0.25, 0.3) is 0 Å². The molecule has 0 fully saturated rings. The van der Waals surface area contributed by atoms with Crippen molar-refractivity contribution in [2.45, 2.75) is 18.9 Å². The average Bonchev–Trinajstić information content (AvgIpc) is 2.74. The molecule has 0 heterocycles. The van der Waals surface area contributed by atoms with Crippen molar-refractivity contribution in [1.29, 1.82) is 0 Å². The summed E-state index contributed by atoms with van der Waals surface area (Å²) in [6.45, 7) is 0. The Morgan fingerprint density at radius 3 is 2.83 bits per heavy atom. The molecule has 0 aliphatic heterocycles. The molecule has 0 saturated carbocycles. The first-order valence-electron chi connectivity index (χ1n) is 6.13. The lowest BCUT2D eigenvalue weighted by atomic mass is 10.1. The molecule has 0 amide bonds. The van der Waals surface area contributed by atoms with Crippen LogP contribution in [0.3, 0.4) is 0 Å². The van der Waals surface area contributed by atoms with Gasteiger partial charge in [0.05, 0.1) is 17.4 Å². The number of anilines is 2. The summed E-state index contributed by atoms with van der Waals surface area (Å²) in [5.41, 5.74) is 10.6. The summed E-state index contributed by atoms with van der Waals surface area (Å²) >= 11 is 3.52. The molecule has 0 saturated heterocycles. The first kappa shape index (κ1) is 11.6. The highest BCUT2D eigenvalue weighted by Gasteiger charge is 2.22. The predicted octanol–water partition coefficient (Wildman–Crippen LogP) is 4.13. The fraction of sp³-hybridized carbons (Fsp3) is 0.200. The molecule has 0 spiro atoms. The van der Waals surface area contributed by atoms with Gasteiger partial charge in [0.15, 0.2) is 0 Å². The second-order valence-corrected chi connectivity index (χ2v) is 5.58. The lowest BCUT2D eigenvalue weighted by Crippen LogP contribution is -2.08. The molecular weight excluding hydrogens is 288 g/mol. The van der Waals surface area contributed by atoms with E-state index in [1.165, 1.54) is 11.1 Å². The second-order valence-electron chi connectivity index (χ2n) is 4.67. The van der Waals surface area contributed by atoms with Crippen LogP contribution in [0.2, 0.25) is 0 Å². The van der Waals surface area contributed by atoms with Crippen molar-refractivity contribution in [2.75, 3.05) is 11.1 Å². The van der Waals surface area contributed by atoms with Crippen LogP contribution in [0.25, 0.3) is 0 Å². The summed E-state index contributed by atoms with van der Waals surface area (Å²) in [7, 11) is 0. The van der Waals surface area contributed by atoms with Gasteiger partial charge in [-0.1, -0.05) is 34.1 Å². The second kappa shape index (κ2) is 4.65. The molecule has 2 aromatic rings. The van der Waals surface area contributed by atoms with Crippen LogP contribution in [-0.4, -0.2) is 0 Å². The van der Waals surface area contributed by atoms with Crippen LogP contribution in [0, 0.1) is 0 Å². The van der Waals surface area contributed by atoms with Crippen molar-refractivity contribution in [2.24, 2.45) is 0 Å². The number of aryl methyl sites for hydroxylation is 1. The molecule has 1 unspecified atom stereocenters. The molecule has 2 aromatic carbocycles. The Bertz CT molecular complexity index is 580. The number of benzene rings is 2. The van der Waals surface area contributed by atoms with Gasteiger partial charge in [-0.15, -0.1) is 0 Å². The number of halogens is 1. The highest BCUT2D eigenvalue weighted by molar-refractivity contribution is 9.10. The van der Waals surface area contributed by atoms with E-state index in [1.54, 1.807) is 0 Å². The largest absolute Gasteiger partial charge is 0.397 e. The third-order valence-corrected chi connectivity index (χ3v) is 3.97. The van der Waals surface area contributed by atoms with E-state index in [9.17, 15) is 0 Å². The van der Waals surface area contributed by atoms with Crippen molar-refractivity contribution in [3.05, 3.63) is 58.1 Å². The Hall–Kier alpha value is -1.48. The zero-order valence-electron chi connectivity index (χ0n) is 9.99. The molecule has 3 heteroatoms. The van der Waals surface area contributed by atoms with Gasteiger partial charge in [0, 0.05) is 4.47 Å². The van der Waals surface area contributed by atoms with Crippen LogP contribution in [0.1, 0.15) is 23.6 Å². The first-order valence-corrected chi connectivity index (χ1v) is 6.93. The minimum Gasteiger partial charge on any atom is -0.397 e. The lowest BCUT2D eigenvalue weighted by molar-refractivity contribution is 0.762. The Labute approximate surface area is 115 Å². The maximum atomic E-state index is 5.97. The molecule has 92 valence electrons. The minimum atomic E-state index is 0.373. The van der Waals surface area contributed by atoms with E-state index in [0.29, 0.717) is 6.04 Å². The quantitative estimate of drug-likeness (QED) is 0.819. The SMILES string of the molecule is Nc1ccccc1NC1CCc2cc(Br)ccc21. The van der Waals surface area contributed by atoms with E-state index in [-0.39, 0.29) is 0 Å². The molecule has 0 radical (unpaired) electrons. The molecule has 3 rings (SSSR count). The van der Waals surface area contributed by atoms with Crippen LogP contribution in [0.5, 0.6) is 0 Å². The van der Waals surface area contributed by atoms with Gasteiger partial charge in [-0.3, -0.25) is 0 Å². The smallest absolute Gasteiger partial charge is 0.0578 e. The Morgan fingerprint density at radius 1 is 1.17 bits per heavy atom. The highest BCUT2D eigenvalue weighted by atomic mass is 79.9. The van der Waals surface area contributed by atoms with Crippen molar-refractivity contribution in [3.63, 3.8) is 0 Å². The van der Waals surface area contributed by atoms with E-state index in [4.69, 9.17) is 5.73 Å². The number of nitrogens with two attached hydrogens (primary N) is 1. The minimum absolute atomic E-state index is 0.373. The van der Waals surface area contributed by atoms with E-state index in [0.717, 1.165) is 28.7 Å². The third kappa shape index (κ3) is 2.10. The normalized spacial score (nSPS) is 17.5. The zero-order valence-corrected chi connectivity index (χ0v) is 11.6. The summed E-state index contributed by atoms with van der Waals surface area (Å²) in [5.74, 6) is 0. The van der Waals surface area contributed by atoms with Crippen LogP contribution in [0.4, 0.5) is 11.4 Å². The van der Waals surface area contributed by atoms with Crippen LogP contribution >= 0.6 is 15.9 Å². The van der Waals surface area contributed by atoms with Gasteiger partial charge >= 0.3 is 0 Å². The maximum absolute atomic E-state index is 5.97. The van der Waals surface area contributed by atoms with Gasteiger partial charge in [-0.05, 0) is 48.2 Å². The van der Waals surface area contributed by atoms with Crippen LogP contribution in [0.15, 0.2) is 46.9 Å². The number of nitrogen functional groups attached to an aromatic ring is 1. The molecule has 0 aromatic heterocycles. The standard InChI is InChI=1S/C15H15BrN2/c16-11-6-7-12-10(9-11)5-8-14(12)18-15-4-2-1-3-13(15)17/h1-4,6-7,9,14,18H,5,8,17H2. The number of nitrogens with one attached hydrogen (secondary N) is 1. The van der Waals surface area contributed by atoms with Crippen molar-refractivity contribution in [3.8, 4) is 0 Å². The average molecular weight is 303 g/mol. The fourth-order valence-electron chi connectivity index (χ4n) is 2.55.